The molecule has 0 fully saturated rings. The van der Waals surface area contributed by atoms with Crippen LogP contribution in [0, 0.1) is 13.8 Å². The van der Waals surface area contributed by atoms with E-state index in [0.717, 1.165) is 46.5 Å². The molecule has 0 aliphatic rings. The molecule has 0 unspecified atom stereocenters. The van der Waals surface area contributed by atoms with E-state index in [2.05, 4.69) is 10.6 Å². The lowest BCUT2D eigenvalue weighted by molar-refractivity contribution is 0.101. The van der Waals surface area contributed by atoms with Crippen LogP contribution in [0.15, 0.2) is 84.9 Å². The number of hydrogen-bond donors (Lipinski definition) is 2. The van der Waals surface area contributed by atoms with E-state index in [-0.39, 0.29) is 11.8 Å². The van der Waals surface area contributed by atoms with E-state index in [1.807, 2.05) is 88.4 Å². The lowest BCUT2D eigenvalue weighted by Crippen LogP contribution is -2.13. The number of amides is 2. The number of rotatable bonds is 11. The predicted octanol–water partition coefficient (Wildman–Crippen LogP) is 8.05. The summed E-state index contributed by atoms with van der Waals surface area (Å²) in [7, 11) is 0. The van der Waals surface area contributed by atoms with Gasteiger partial charge in [0.2, 0.25) is 0 Å². The summed E-state index contributed by atoms with van der Waals surface area (Å²) in [4.78, 5) is 25.8. The fourth-order valence-corrected chi connectivity index (χ4v) is 4.25. The van der Waals surface area contributed by atoms with Crippen LogP contribution < -0.4 is 20.1 Å². The van der Waals surface area contributed by atoms with Gasteiger partial charge in [-0.25, -0.2) is 0 Å². The van der Waals surface area contributed by atoms with Gasteiger partial charge in [-0.05, 0) is 110 Å². The second kappa shape index (κ2) is 13.5. The van der Waals surface area contributed by atoms with Crippen molar-refractivity contribution < 1.29 is 19.1 Å². The highest BCUT2D eigenvalue weighted by atomic mass is 16.5. The Bertz CT molecular complexity index is 1380. The van der Waals surface area contributed by atoms with Crippen LogP contribution in [0.3, 0.4) is 0 Å². The maximum absolute atomic E-state index is 12.9. The molecule has 0 bridgehead atoms. The highest BCUT2D eigenvalue weighted by molar-refractivity contribution is 6.05. The molecule has 6 nitrogen and oxygen atoms in total. The molecular formula is C34H36N2O4. The number of nitrogens with one attached hydrogen (secondary N) is 2. The number of carbonyl (C=O) groups is 2. The van der Waals surface area contributed by atoms with E-state index in [4.69, 9.17) is 9.47 Å². The average molecular weight is 537 g/mol. The van der Waals surface area contributed by atoms with Gasteiger partial charge in [0, 0.05) is 22.5 Å². The Labute approximate surface area is 236 Å². The molecule has 2 N–H and O–H groups in total. The van der Waals surface area contributed by atoms with Crippen molar-refractivity contribution in [2.24, 2.45) is 0 Å². The zero-order valence-electron chi connectivity index (χ0n) is 23.5. The van der Waals surface area contributed by atoms with Gasteiger partial charge in [-0.15, -0.1) is 0 Å². The monoisotopic (exact) mass is 536 g/mol. The molecule has 4 aromatic rings. The number of hydrogen-bond acceptors (Lipinski definition) is 4. The summed E-state index contributed by atoms with van der Waals surface area (Å²) in [5.74, 6) is 1.00. The van der Waals surface area contributed by atoms with Gasteiger partial charge in [-0.3, -0.25) is 9.59 Å². The maximum Gasteiger partial charge on any atom is 0.255 e. The third-order valence-corrected chi connectivity index (χ3v) is 6.42. The van der Waals surface area contributed by atoms with Gasteiger partial charge in [-0.2, -0.15) is 0 Å². The van der Waals surface area contributed by atoms with E-state index >= 15 is 0 Å². The van der Waals surface area contributed by atoms with Crippen LogP contribution in [0.25, 0.3) is 11.1 Å². The molecule has 0 spiro atoms. The summed E-state index contributed by atoms with van der Waals surface area (Å²) in [6, 6.07) is 26.3. The van der Waals surface area contributed by atoms with Crippen molar-refractivity contribution in [3.63, 3.8) is 0 Å². The van der Waals surface area contributed by atoms with Gasteiger partial charge >= 0.3 is 0 Å². The molecule has 40 heavy (non-hydrogen) atoms. The van der Waals surface area contributed by atoms with E-state index in [1.54, 1.807) is 24.3 Å². The van der Waals surface area contributed by atoms with Crippen LogP contribution in [-0.2, 0) is 0 Å². The first-order chi connectivity index (χ1) is 19.4. The Hall–Kier alpha value is -4.58. The Kier molecular flexibility index (Phi) is 9.57. The smallest absolute Gasteiger partial charge is 0.255 e. The summed E-state index contributed by atoms with van der Waals surface area (Å²) < 4.78 is 11.3. The fourth-order valence-electron chi connectivity index (χ4n) is 4.25. The first-order valence-corrected chi connectivity index (χ1v) is 13.7. The van der Waals surface area contributed by atoms with Gasteiger partial charge in [0.1, 0.15) is 11.5 Å². The second-order valence-electron chi connectivity index (χ2n) is 9.72. The van der Waals surface area contributed by atoms with E-state index in [1.165, 1.54) is 0 Å². The molecule has 0 aliphatic heterocycles. The molecule has 206 valence electrons. The lowest BCUT2D eigenvalue weighted by Gasteiger charge is -2.14. The van der Waals surface area contributed by atoms with Crippen LogP contribution in [0.5, 0.6) is 11.5 Å². The zero-order chi connectivity index (χ0) is 28.5. The van der Waals surface area contributed by atoms with Crippen molar-refractivity contribution in [1.82, 2.24) is 0 Å². The van der Waals surface area contributed by atoms with Crippen molar-refractivity contribution in [3.05, 3.63) is 107 Å². The molecule has 0 saturated heterocycles. The lowest BCUT2D eigenvalue weighted by atomic mass is 9.99. The third-order valence-electron chi connectivity index (χ3n) is 6.42. The van der Waals surface area contributed by atoms with E-state index in [9.17, 15) is 9.59 Å². The molecule has 0 radical (unpaired) electrons. The normalized spacial score (nSPS) is 10.6. The molecule has 0 aromatic heterocycles. The molecule has 0 aliphatic carbocycles. The van der Waals surface area contributed by atoms with Crippen LogP contribution in [-0.4, -0.2) is 25.0 Å². The minimum atomic E-state index is -0.184. The summed E-state index contributed by atoms with van der Waals surface area (Å²) in [5.41, 5.74) is 6.53. The third kappa shape index (κ3) is 7.29. The van der Waals surface area contributed by atoms with Crippen LogP contribution in [0.2, 0.25) is 0 Å². The Morgan fingerprint density at radius 3 is 1.40 bits per heavy atom. The Morgan fingerprint density at radius 1 is 0.600 bits per heavy atom. The quantitative estimate of drug-likeness (QED) is 0.203. The van der Waals surface area contributed by atoms with Crippen LogP contribution in [0.4, 0.5) is 11.4 Å². The average Bonchev–Trinajstić information content (AvgIpc) is 2.97. The standard InChI is InChI=1S/C34H36N2O4/c1-5-17-39-29-11-7-9-27(21-29)33(37)35-31-15-13-25(19-23(31)3)26-14-16-32(24(4)20-26)36-34(38)28-10-8-12-30(22-28)40-18-6-2/h7-16,19-22H,5-6,17-18H2,1-4H3,(H,35,37)(H,36,38). The predicted molar refractivity (Wildman–Crippen MR) is 162 cm³/mol. The second-order valence-corrected chi connectivity index (χ2v) is 9.72. The molecule has 0 atom stereocenters. The number of ether oxygens (including phenoxy) is 2. The van der Waals surface area contributed by atoms with Gasteiger partial charge < -0.3 is 20.1 Å². The maximum atomic E-state index is 12.9. The number of aryl methyl sites for hydroxylation is 2. The first kappa shape index (κ1) is 28.4. The summed E-state index contributed by atoms with van der Waals surface area (Å²) in [6.07, 6.45) is 1.81. The van der Waals surface area contributed by atoms with Crippen molar-refractivity contribution in [1.29, 1.82) is 0 Å². The molecule has 0 heterocycles. The largest absolute Gasteiger partial charge is 0.494 e. The highest BCUT2D eigenvalue weighted by Gasteiger charge is 2.12. The Morgan fingerprint density at radius 2 is 1.02 bits per heavy atom. The molecule has 4 aromatic carbocycles. The summed E-state index contributed by atoms with van der Waals surface area (Å²) in [5, 5.41) is 6.02. The van der Waals surface area contributed by atoms with E-state index in [0.29, 0.717) is 35.8 Å². The van der Waals surface area contributed by atoms with Crippen molar-refractivity contribution in [2.75, 3.05) is 23.8 Å². The molecular weight excluding hydrogens is 500 g/mol. The fraction of sp³-hybridized carbons (Fsp3) is 0.235. The SMILES string of the molecule is CCCOc1cccc(C(=O)Nc2ccc(-c3ccc(NC(=O)c4cccc(OCCC)c4)c(C)c3)cc2C)c1. The summed E-state index contributed by atoms with van der Waals surface area (Å²) in [6.45, 7) is 9.26. The van der Waals surface area contributed by atoms with Gasteiger partial charge in [0.15, 0.2) is 0 Å². The Balaban J connectivity index is 1.44. The van der Waals surface area contributed by atoms with Crippen molar-refractivity contribution in [3.8, 4) is 22.6 Å². The minimum absolute atomic E-state index is 0.184. The number of benzene rings is 4. The van der Waals surface area contributed by atoms with Gasteiger partial charge in [0.05, 0.1) is 13.2 Å². The van der Waals surface area contributed by atoms with Gasteiger partial charge in [0.25, 0.3) is 11.8 Å². The van der Waals surface area contributed by atoms with Crippen LogP contribution >= 0.6 is 0 Å². The first-order valence-electron chi connectivity index (χ1n) is 13.7. The molecule has 2 amide bonds. The molecule has 6 heteroatoms. The molecule has 0 saturated carbocycles. The van der Waals surface area contributed by atoms with Crippen LogP contribution in [0.1, 0.15) is 58.5 Å². The number of anilines is 2. The highest BCUT2D eigenvalue weighted by Crippen LogP contribution is 2.29. The minimum Gasteiger partial charge on any atom is -0.494 e. The van der Waals surface area contributed by atoms with Gasteiger partial charge in [-0.1, -0.05) is 38.1 Å². The van der Waals surface area contributed by atoms with Crippen molar-refractivity contribution >= 4 is 23.2 Å². The number of carbonyl (C=O) groups excluding carboxylic acids is 2. The zero-order valence-corrected chi connectivity index (χ0v) is 23.5. The van der Waals surface area contributed by atoms with Crippen molar-refractivity contribution in [2.45, 2.75) is 40.5 Å². The molecule has 4 rings (SSSR count). The topological polar surface area (TPSA) is 76.7 Å². The van der Waals surface area contributed by atoms with E-state index < -0.39 is 0 Å². The summed E-state index contributed by atoms with van der Waals surface area (Å²) >= 11 is 0.